The second-order valence-corrected chi connectivity index (χ2v) is 8.93. The van der Waals surface area contributed by atoms with Crippen LogP contribution in [-0.2, 0) is 0 Å². The quantitative estimate of drug-likeness (QED) is 0.292. The van der Waals surface area contributed by atoms with Crippen molar-refractivity contribution in [2.45, 2.75) is 54.4 Å². The van der Waals surface area contributed by atoms with Crippen molar-refractivity contribution in [3.8, 4) is 11.3 Å². The number of nitrogens with two attached hydrogens (primary N) is 1. The van der Waals surface area contributed by atoms with E-state index in [0.717, 1.165) is 54.2 Å². The summed E-state index contributed by atoms with van der Waals surface area (Å²) in [5.74, 6) is 1.47. The molecule has 6 nitrogen and oxygen atoms in total. The molecule has 0 saturated heterocycles. The molecule has 1 aromatic carbocycles. The molecule has 0 spiro atoms. The van der Waals surface area contributed by atoms with Crippen LogP contribution < -0.4 is 16.4 Å². The van der Waals surface area contributed by atoms with Gasteiger partial charge in [0.25, 0.3) is 0 Å². The van der Waals surface area contributed by atoms with Crippen LogP contribution in [0.15, 0.2) is 84.9 Å². The van der Waals surface area contributed by atoms with Crippen molar-refractivity contribution in [3.05, 3.63) is 96.0 Å². The van der Waals surface area contributed by atoms with E-state index in [1.165, 1.54) is 23.0 Å². The van der Waals surface area contributed by atoms with Gasteiger partial charge < -0.3 is 16.4 Å². The van der Waals surface area contributed by atoms with Crippen molar-refractivity contribution < 1.29 is 0 Å². The maximum atomic E-state index is 4.89. The van der Waals surface area contributed by atoms with Gasteiger partial charge >= 0.3 is 0 Å². The minimum atomic E-state index is 0.488. The number of aryl methyl sites for hydroxylation is 2. The number of anilines is 1. The molecule has 4 N–H and O–H groups in total. The van der Waals surface area contributed by atoms with Gasteiger partial charge in [0.15, 0.2) is 5.65 Å². The monoisotopic (exact) mass is 500 g/mol. The van der Waals surface area contributed by atoms with Gasteiger partial charge in [0, 0.05) is 36.0 Å². The Morgan fingerprint density at radius 2 is 1.73 bits per heavy atom. The number of nitrogens with zero attached hydrogens (tertiary/aromatic N) is 3. The Morgan fingerprint density at radius 3 is 2.43 bits per heavy atom. The zero-order chi connectivity index (χ0) is 27.2. The maximum absolute atomic E-state index is 4.89. The number of nitrogens with one attached hydrogen (secondary N) is 2. The predicted octanol–water partition coefficient (Wildman–Crippen LogP) is 6.95. The summed E-state index contributed by atoms with van der Waals surface area (Å²) >= 11 is 0. The first-order valence-electron chi connectivity index (χ1n) is 13.2. The van der Waals surface area contributed by atoms with Gasteiger partial charge in [-0.2, -0.15) is 9.61 Å². The molecule has 3 aromatic rings. The fourth-order valence-electron chi connectivity index (χ4n) is 4.07. The van der Waals surface area contributed by atoms with E-state index in [4.69, 9.17) is 4.98 Å². The summed E-state index contributed by atoms with van der Waals surface area (Å²) in [4.78, 5) is 4.89. The molecule has 1 aliphatic rings. The predicted molar refractivity (Wildman–Crippen MR) is 159 cm³/mol. The molecule has 198 valence electrons. The molecule has 0 bridgehead atoms. The van der Waals surface area contributed by atoms with Gasteiger partial charge in [-0.3, -0.25) is 0 Å². The highest BCUT2D eigenvalue weighted by molar-refractivity contribution is 5.70. The Morgan fingerprint density at radius 1 is 1.05 bits per heavy atom. The van der Waals surface area contributed by atoms with Crippen molar-refractivity contribution in [2.75, 3.05) is 18.4 Å². The molecule has 2 heterocycles. The van der Waals surface area contributed by atoms with Gasteiger partial charge in [0.2, 0.25) is 0 Å². The molecule has 0 radical (unpaired) electrons. The van der Waals surface area contributed by atoms with E-state index < -0.39 is 0 Å². The number of hydrogen-bond acceptors (Lipinski definition) is 5. The Hall–Kier alpha value is -3.80. The van der Waals surface area contributed by atoms with E-state index in [-0.39, 0.29) is 0 Å². The molecule has 6 heteroatoms. The molecule has 4 rings (SSSR count). The van der Waals surface area contributed by atoms with Crippen molar-refractivity contribution >= 4 is 11.5 Å². The number of aromatic nitrogens is 3. The van der Waals surface area contributed by atoms with Gasteiger partial charge in [-0.1, -0.05) is 69.3 Å². The molecule has 1 aliphatic carbocycles. The van der Waals surface area contributed by atoms with E-state index in [0.29, 0.717) is 5.92 Å². The van der Waals surface area contributed by atoms with Gasteiger partial charge in [-0.25, -0.2) is 4.98 Å². The topological polar surface area (TPSA) is 80.3 Å². The molecule has 0 aliphatic heterocycles. The summed E-state index contributed by atoms with van der Waals surface area (Å²) < 4.78 is 1.91. The van der Waals surface area contributed by atoms with Crippen molar-refractivity contribution in [1.82, 2.24) is 19.9 Å². The third-order valence-electron chi connectivity index (χ3n) is 5.80. The molecule has 0 fully saturated rings. The first-order valence-corrected chi connectivity index (χ1v) is 13.2. The van der Waals surface area contributed by atoms with Crippen molar-refractivity contribution in [1.29, 1.82) is 0 Å². The Bertz CT molecular complexity index is 1230. The standard InChI is InChI=1S/C27H33N5.C2H5N.C2H6/c1-19-11-12-23(16-20(2)15-19)28-13-7-8-14-29-26-17-25(24-10-6-5-9-21(24)3)31-27-22(4)18-30-32(26)27;1-2-3;1-2/h5-6,9-12,15-19,28-29H,7-8,13-14H2,1-4H3;2H,1,3H2;1-2H3. The average Bonchev–Trinajstić information content (AvgIpc) is 3.18. The van der Waals surface area contributed by atoms with Crippen LogP contribution in [-0.4, -0.2) is 27.7 Å². The average molecular weight is 501 g/mol. The highest BCUT2D eigenvalue weighted by atomic mass is 15.3. The third-order valence-corrected chi connectivity index (χ3v) is 5.80. The molecule has 0 amide bonds. The largest absolute Gasteiger partial charge is 0.405 e. The molecule has 37 heavy (non-hydrogen) atoms. The summed E-state index contributed by atoms with van der Waals surface area (Å²) in [7, 11) is 0. The van der Waals surface area contributed by atoms with Gasteiger partial charge in [0.05, 0.1) is 11.9 Å². The Balaban J connectivity index is 0.000000898. The summed E-state index contributed by atoms with van der Waals surface area (Å²) in [5.41, 5.74) is 12.5. The lowest BCUT2D eigenvalue weighted by Crippen LogP contribution is -2.15. The van der Waals surface area contributed by atoms with Crippen LogP contribution in [0, 0.1) is 19.8 Å². The van der Waals surface area contributed by atoms with E-state index in [9.17, 15) is 0 Å². The van der Waals surface area contributed by atoms with Crippen LogP contribution in [0.1, 0.15) is 51.7 Å². The summed E-state index contributed by atoms with van der Waals surface area (Å²) in [6.45, 7) is 17.5. The van der Waals surface area contributed by atoms with Crippen LogP contribution in [0.3, 0.4) is 0 Å². The minimum Gasteiger partial charge on any atom is -0.405 e. The van der Waals surface area contributed by atoms with E-state index in [1.807, 2.05) is 24.6 Å². The number of hydrogen-bond donors (Lipinski definition) is 3. The number of rotatable bonds is 8. The maximum Gasteiger partial charge on any atom is 0.160 e. The van der Waals surface area contributed by atoms with Crippen LogP contribution in [0.5, 0.6) is 0 Å². The zero-order valence-corrected chi connectivity index (χ0v) is 23.4. The molecular weight excluding hydrogens is 456 g/mol. The fourth-order valence-corrected chi connectivity index (χ4v) is 4.07. The first-order chi connectivity index (χ1) is 17.9. The number of unbranched alkanes of at least 4 members (excludes halogenated alkanes) is 1. The smallest absolute Gasteiger partial charge is 0.160 e. The van der Waals surface area contributed by atoms with Crippen LogP contribution in [0.25, 0.3) is 16.9 Å². The number of fused-ring (bicyclic) bond motifs is 1. The SMILES string of the molecule is C=CN.CC.CC1=CC(C)C=CC(NCCCCNc2cc(-c3ccccc3C)nc3c(C)cnn23)=C1. The van der Waals surface area contributed by atoms with E-state index in [2.05, 4.69) is 110 Å². The normalized spacial score (nSPS) is 14.3. The van der Waals surface area contributed by atoms with Gasteiger partial charge in [-0.05, 0) is 63.4 Å². The zero-order valence-electron chi connectivity index (χ0n) is 23.4. The highest BCUT2D eigenvalue weighted by Crippen LogP contribution is 2.26. The second kappa shape index (κ2) is 15.3. The van der Waals surface area contributed by atoms with Crippen LogP contribution in [0.4, 0.5) is 5.82 Å². The minimum absolute atomic E-state index is 0.488. The van der Waals surface area contributed by atoms with Gasteiger partial charge in [0.1, 0.15) is 5.82 Å². The molecular formula is C31H44N6. The number of benzene rings is 1. The van der Waals surface area contributed by atoms with Gasteiger partial charge in [-0.15, -0.1) is 0 Å². The second-order valence-electron chi connectivity index (χ2n) is 8.93. The highest BCUT2D eigenvalue weighted by Gasteiger charge is 2.11. The molecule has 2 aromatic heterocycles. The summed E-state index contributed by atoms with van der Waals surface area (Å²) in [6.07, 6.45) is 14.2. The van der Waals surface area contributed by atoms with Crippen LogP contribution in [0.2, 0.25) is 0 Å². The molecule has 1 atom stereocenters. The first kappa shape index (κ1) is 29.4. The van der Waals surface area contributed by atoms with E-state index in [1.54, 1.807) is 0 Å². The third kappa shape index (κ3) is 8.67. The lowest BCUT2D eigenvalue weighted by molar-refractivity contribution is 0.700. The lowest BCUT2D eigenvalue weighted by Gasteiger charge is -2.12. The number of allylic oxidation sites excluding steroid dienone is 5. The van der Waals surface area contributed by atoms with Crippen molar-refractivity contribution in [2.24, 2.45) is 11.7 Å². The lowest BCUT2D eigenvalue weighted by atomic mass is 10.1. The molecule has 1 unspecified atom stereocenters. The Kier molecular flexibility index (Phi) is 12.2. The fraction of sp³-hybridized carbons (Fsp3) is 0.355. The Labute approximate surface area is 223 Å². The summed E-state index contributed by atoms with van der Waals surface area (Å²) in [5, 5.41) is 11.7. The van der Waals surface area contributed by atoms with Crippen LogP contribution >= 0.6 is 0 Å². The van der Waals surface area contributed by atoms with E-state index >= 15 is 0 Å². The summed E-state index contributed by atoms with van der Waals surface area (Å²) in [6, 6.07) is 10.5. The van der Waals surface area contributed by atoms with Crippen molar-refractivity contribution in [3.63, 3.8) is 0 Å². The molecule has 0 saturated carbocycles.